The zero-order valence-electron chi connectivity index (χ0n) is 17.0. The van der Waals surface area contributed by atoms with Gasteiger partial charge in [0.05, 0.1) is 7.11 Å². The van der Waals surface area contributed by atoms with E-state index in [2.05, 4.69) is 5.32 Å². The van der Waals surface area contributed by atoms with Crippen molar-refractivity contribution >= 4 is 11.8 Å². The fourth-order valence-corrected chi connectivity index (χ4v) is 4.89. The second-order valence-electron chi connectivity index (χ2n) is 8.12. The molecular weight excluding hydrogens is 354 g/mol. The van der Waals surface area contributed by atoms with Gasteiger partial charge < -0.3 is 20.7 Å². The first-order valence-corrected chi connectivity index (χ1v) is 10.4. The van der Waals surface area contributed by atoms with E-state index in [0.29, 0.717) is 24.1 Å². The lowest BCUT2D eigenvalue weighted by atomic mass is 9.79. The molecule has 28 heavy (non-hydrogen) atoms. The molecule has 6 nitrogen and oxygen atoms in total. The number of hydrogen-bond acceptors (Lipinski definition) is 4. The molecule has 0 radical (unpaired) electrons. The summed E-state index contributed by atoms with van der Waals surface area (Å²) in [7, 11) is 3.24. The summed E-state index contributed by atoms with van der Waals surface area (Å²) in [5.74, 6) is 1.60. The van der Waals surface area contributed by atoms with Crippen LogP contribution in [0.15, 0.2) is 24.3 Å². The topological polar surface area (TPSA) is 84.7 Å². The number of nitrogens with zero attached hydrogens (tertiary/aromatic N) is 1. The molecule has 1 saturated heterocycles. The zero-order chi connectivity index (χ0) is 20.1. The fraction of sp³-hybridized carbons (Fsp3) is 0.636. The van der Waals surface area contributed by atoms with E-state index in [4.69, 9.17) is 10.5 Å². The molecule has 2 amide bonds. The molecule has 0 aromatic heterocycles. The molecule has 2 aliphatic rings. The van der Waals surface area contributed by atoms with E-state index < -0.39 is 6.04 Å². The van der Waals surface area contributed by atoms with Crippen molar-refractivity contribution < 1.29 is 14.3 Å². The third kappa shape index (κ3) is 4.49. The Kier molecular flexibility index (Phi) is 6.94. The summed E-state index contributed by atoms with van der Waals surface area (Å²) in [6, 6.07) is 6.68. The Balaban J connectivity index is 1.71. The largest absolute Gasteiger partial charge is 0.496 e. The van der Waals surface area contributed by atoms with Gasteiger partial charge in [0.15, 0.2) is 0 Å². The molecule has 154 valence electrons. The Bertz CT molecular complexity index is 687. The first kappa shape index (κ1) is 20.6. The molecule has 0 spiro atoms. The normalized spacial score (nSPS) is 24.0. The maximum atomic E-state index is 13.1. The fourth-order valence-electron chi connectivity index (χ4n) is 4.89. The van der Waals surface area contributed by atoms with Gasteiger partial charge >= 0.3 is 0 Å². The van der Waals surface area contributed by atoms with E-state index in [-0.39, 0.29) is 24.3 Å². The van der Waals surface area contributed by atoms with Crippen LogP contribution in [0.5, 0.6) is 5.75 Å². The second kappa shape index (κ2) is 9.41. The van der Waals surface area contributed by atoms with Crippen LogP contribution < -0.4 is 15.8 Å². The van der Waals surface area contributed by atoms with E-state index in [1.54, 1.807) is 19.1 Å². The van der Waals surface area contributed by atoms with Crippen molar-refractivity contribution in [3.05, 3.63) is 29.8 Å². The number of benzene rings is 1. The minimum atomic E-state index is -0.456. The number of rotatable bonds is 6. The van der Waals surface area contributed by atoms with Crippen LogP contribution >= 0.6 is 0 Å². The Labute approximate surface area is 167 Å². The molecule has 6 heteroatoms. The van der Waals surface area contributed by atoms with Crippen LogP contribution in [0.3, 0.4) is 0 Å². The lowest BCUT2D eigenvalue weighted by Gasteiger charge is -2.28. The summed E-state index contributed by atoms with van der Waals surface area (Å²) in [6.45, 7) is 0.667. The summed E-state index contributed by atoms with van der Waals surface area (Å²) < 4.78 is 5.38. The van der Waals surface area contributed by atoms with Crippen LogP contribution in [0, 0.1) is 11.8 Å². The third-order valence-corrected chi connectivity index (χ3v) is 6.45. The van der Waals surface area contributed by atoms with Crippen molar-refractivity contribution in [3.63, 3.8) is 0 Å². The van der Waals surface area contributed by atoms with Gasteiger partial charge in [-0.15, -0.1) is 0 Å². The van der Waals surface area contributed by atoms with Gasteiger partial charge in [0, 0.05) is 31.6 Å². The number of amides is 2. The molecule has 1 heterocycles. The smallest absolute Gasteiger partial charge is 0.242 e. The van der Waals surface area contributed by atoms with E-state index in [9.17, 15) is 9.59 Å². The maximum Gasteiger partial charge on any atom is 0.242 e. The van der Waals surface area contributed by atoms with Crippen molar-refractivity contribution in [2.75, 3.05) is 20.7 Å². The Morgan fingerprint density at radius 3 is 2.61 bits per heavy atom. The molecule has 1 aromatic carbocycles. The number of carbonyl (C=O) groups excluding carboxylic acids is 2. The van der Waals surface area contributed by atoms with Gasteiger partial charge in [0.25, 0.3) is 0 Å². The van der Waals surface area contributed by atoms with Gasteiger partial charge in [-0.2, -0.15) is 0 Å². The van der Waals surface area contributed by atoms with Gasteiger partial charge in [-0.3, -0.25) is 9.59 Å². The van der Waals surface area contributed by atoms with Crippen LogP contribution in [0.1, 0.15) is 56.6 Å². The van der Waals surface area contributed by atoms with Crippen molar-refractivity contribution in [1.29, 1.82) is 0 Å². The van der Waals surface area contributed by atoms with E-state index in [1.807, 2.05) is 24.3 Å². The minimum absolute atomic E-state index is 0.0506. The second-order valence-corrected chi connectivity index (χ2v) is 8.12. The molecule has 3 N–H and O–H groups in total. The number of carbonyl (C=O) groups is 2. The number of nitrogens with one attached hydrogen (secondary N) is 1. The highest BCUT2D eigenvalue weighted by Crippen LogP contribution is 2.38. The van der Waals surface area contributed by atoms with Crippen molar-refractivity contribution in [2.24, 2.45) is 17.6 Å². The summed E-state index contributed by atoms with van der Waals surface area (Å²) >= 11 is 0. The highest BCUT2D eigenvalue weighted by Gasteiger charge is 2.42. The lowest BCUT2D eigenvalue weighted by molar-refractivity contribution is -0.138. The summed E-state index contributed by atoms with van der Waals surface area (Å²) in [5.41, 5.74) is 7.16. The van der Waals surface area contributed by atoms with Crippen LogP contribution in [0.2, 0.25) is 0 Å². The molecule has 1 aromatic rings. The Hall–Kier alpha value is -2.08. The van der Waals surface area contributed by atoms with Crippen molar-refractivity contribution in [1.82, 2.24) is 10.2 Å². The predicted molar refractivity (Wildman–Crippen MR) is 109 cm³/mol. The molecule has 1 saturated carbocycles. The number of nitrogens with two attached hydrogens (primary N) is 1. The molecule has 3 rings (SSSR count). The summed E-state index contributed by atoms with van der Waals surface area (Å²) in [4.78, 5) is 27.3. The van der Waals surface area contributed by atoms with Gasteiger partial charge in [-0.1, -0.05) is 50.3 Å². The van der Waals surface area contributed by atoms with Crippen molar-refractivity contribution in [3.8, 4) is 5.75 Å². The van der Waals surface area contributed by atoms with E-state index in [0.717, 1.165) is 12.0 Å². The number of ether oxygens (including phenoxy) is 1. The molecule has 2 fully saturated rings. The zero-order valence-corrected chi connectivity index (χ0v) is 17.0. The number of para-hydroxylation sites is 1. The molecular formula is C22H33N3O3. The number of methoxy groups -OCH3 is 1. The first-order valence-electron chi connectivity index (χ1n) is 10.4. The highest BCUT2D eigenvalue weighted by molar-refractivity contribution is 5.88. The SMILES string of the molecule is CNC(=O)[C@@H]1CC(C2CCCCC2)CN1C(=O)CC(N)c1ccccc1OC. The van der Waals surface area contributed by atoms with E-state index >= 15 is 0 Å². The highest BCUT2D eigenvalue weighted by atomic mass is 16.5. The number of likely N-dealkylation sites (tertiary alicyclic amines) is 1. The maximum absolute atomic E-state index is 13.1. The summed E-state index contributed by atoms with van der Waals surface area (Å²) in [5, 5.41) is 2.73. The Morgan fingerprint density at radius 2 is 1.93 bits per heavy atom. The molecule has 1 aliphatic heterocycles. The molecule has 1 aliphatic carbocycles. The van der Waals surface area contributed by atoms with Crippen LogP contribution in [0.25, 0.3) is 0 Å². The third-order valence-electron chi connectivity index (χ3n) is 6.45. The first-order chi connectivity index (χ1) is 13.5. The quantitative estimate of drug-likeness (QED) is 0.786. The minimum Gasteiger partial charge on any atom is -0.496 e. The predicted octanol–water partition coefficient (Wildman–Crippen LogP) is 2.63. The molecule has 0 bridgehead atoms. The van der Waals surface area contributed by atoms with Gasteiger partial charge in [0.1, 0.15) is 11.8 Å². The molecule has 3 atom stereocenters. The Morgan fingerprint density at radius 1 is 1.21 bits per heavy atom. The number of likely N-dealkylation sites (N-methyl/N-ethyl adjacent to an activating group) is 1. The van der Waals surface area contributed by atoms with Crippen LogP contribution in [-0.4, -0.2) is 43.5 Å². The standard InChI is InChI=1S/C22H33N3O3/c1-24-22(27)19-12-16(15-8-4-3-5-9-15)14-25(19)21(26)13-18(23)17-10-6-7-11-20(17)28-2/h6-7,10-11,15-16,18-19H,3-5,8-9,12-14,23H2,1-2H3,(H,24,27)/t16?,18?,19-/m0/s1. The van der Waals surface area contributed by atoms with Crippen molar-refractivity contribution in [2.45, 2.75) is 57.0 Å². The monoisotopic (exact) mass is 387 g/mol. The number of hydrogen-bond donors (Lipinski definition) is 2. The molecule has 2 unspecified atom stereocenters. The average Bonchev–Trinajstić information content (AvgIpc) is 3.19. The van der Waals surface area contributed by atoms with Crippen LogP contribution in [-0.2, 0) is 9.59 Å². The average molecular weight is 388 g/mol. The van der Waals surface area contributed by atoms with Gasteiger partial charge in [0.2, 0.25) is 11.8 Å². The van der Waals surface area contributed by atoms with Gasteiger partial charge in [-0.05, 0) is 24.3 Å². The van der Waals surface area contributed by atoms with Crippen LogP contribution in [0.4, 0.5) is 0 Å². The lowest BCUT2D eigenvalue weighted by Crippen LogP contribution is -2.45. The summed E-state index contributed by atoms with van der Waals surface area (Å²) in [6.07, 6.45) is 7.20. The van der Waals surface area contributed by atoms with Gasteiger partial charge in [-0.25, -0.2) is 0 Å². The van der Waals surface area contributed by atoms with E-state index in [1.165, 1.54) is 32.1 Å².